The van der Waals surface area contributed by atoms with Crippen molar-refractivity contribution >= 4 is 11.8 Å². The Morgan fingerprint density at radius 2 is 2.11 bits per heavy atom. The molecule has 0 unspecified atom stereocenters. The molecule has 0 spiro atoms. The summed E-state index contributed by atoms with van der Waals surface area (Å²) in [5, 5.41) is 12.0. The second kappa shape index (κ2) is 6.72. The molecule has 0 aromatic carbocycles. The first-order valence-electron chi connectivity index (χ1n) is 6.16. The lowest BCUT2D eigenvalue weighted by molar-refractivity contribution is -0.122. The third kappa shape index (κ3) is 4.57. The van der Waals surface area contributed by atoms with Crippen LogP contribution in [0, 0.1) is 0 Å². The van der Waals surface area contributed by atoms with Gasteiger partial charge >= 0.3 is 0 Å². The molecule has 6 nitrogen and oxygen atoms in total. The Morgan fingerprint density at radius 3 is 2.63 bits per heavy atom. The van der Waals surface area contributed by atoms with Crippen molar-refractivity contribution in [2.45, 2.75) is 26.8 Å². The third-order valence-electron chi connectivity index (χ3n) is 2.42. The maximum absolute atomic E-state index is 12.1. The maximum Gasteiger partial charge on any atom is 0.256 e. The molecule has 2 N–H and O–H groups in total. The first-order chi connectivity index (χ1) is 8.93. The van der Waals surface area contributed by atoms with Crippen LogP contribution in [0.15, 0.2) is 18.5 Å². The van der Waals surface area contributed by atoms with Gasteiger partial charge < -0.3 is 15.3 Å². The Morgan fingerprint density at radius 1 is 1.42 bits per heavy atom. The van der Waals surface area contributed by atoms with E-state index in [1.807, 2.05) is 13.8 Å². The van der Waals surface area contributed by atoms with Gasteiger partial charge in [-0.1, -0.05) is 0 Å². The number of likely N-dealkylation sites (N-methyl/N-ethyl adjacent to an activating group) is 1. The molecule has 0 saturated heterocycles. The van der Waals surface area contributed by atoms with Gasteiger partial charge in [-0.15, -0.1) is 0 Å². The van der Waals surface area contributed by atoms with Gasteiger partial charge in [0.1, 0.15) is 5.75 Å². The van der Waals surface area contributed by atoms with E-state index in [1.54, 1.807) is 6.92 Å². The Kier molecular flexibility index (Phi) is 5.29. The molecule has 0 aliphatic heterocycles. The van der Waals surface area contributed by atoms with Crippen LogP contribution in [0.4, 0.5) is 0 Å². The molecule has 0 bridgehead atoms. The highest BCUT2D eigenvalue weighted by Gasteiger charge is 2.18. The Hall–Kier alpha value is -2.11. The number of aromatic nitrogens is 1. The first kappa shape index (κ1) is 14.9. The van der Waals surface area contributed by atoms with Gasteiger partial charge in [0.15, 0.2) is 0 Å². The van der Waals surface area contributed by atoms with E-state index in [1.165, 1.54) is 23.4 Å². The summed E-state index contributed by atoms with van der Waals surface area (Å²) in [6.07, 6.45) is 2.61. The van der Waals surface area contributed by atoms with Crippen molar-refractivity contribution in [3.63, 3.8) is 0 Å². The van der Waals surface area contributed by atoms with Crippen LogP contribution in [0.5, 0.6) is 5.75 Å². The van der Waals surface area contributed by atoms with Gasteiger partial charge in [0.2, 0.25) is 5.91 Å². The van der Waals surface area contributed by atoms with E-state index in [4.69, 9.17) is 0 Å². The molecule has 1 aromatic rings. The zero-order chi connectivity index (χ0) is 14.4. The number of nitrogens with zero attached hydrogens (tertiary/aromatic N) is 2. The Balaban J connectivity index is 2.74. The van der Waals surface area contributed by atoms with Crippen molar-refractivity contribution < 1.29 is 14.7 Å². The largest absolute Gasteiger partial charge is 0.506 e. The standard InChI is InChI=1S/C13H19N3O3/c1-4-16(8-12(18)15-9(2)3)13(19)10-5-11(17)7-14-6-10/h5-7,9,17H,4,8H2,1-3H3,(H,15,18). The van der Waals surface area contributed by atoms with Crippen LogP contribution in [0.25, 0.3) is 0 Å². The fourth-order valence-electron chi connectivity index (χ4n) is 1.60. The van der Waals surface area contributed by atoms with Crippen molar-refractivity contribution in [2.24, 2.45) is 0 Å². The number of carbonyl (C=O) groups is 2. The molecular formula is C13H19N3O3. The Bertz CT molecular complexity index is 460. The predicted octanol–water partition coefficient (Wildman–Crippen LogP) is 0.774. The summed E-state index contributed by atoms with van der Waals surface area (Å²) >= 11 is 0. The van der Waals surface area contributed by atoms with Gasteiger partial charge in [-0.3, -0.25) is 14.6 Å². The average molecular weight is 265 g/mol. The minimum absolute atomic E-state index is 0.0107. The quantitative estimate of drug-likeness (QED) is 0.824. The summed E-state index contributed by atoms with van der Waals surface area (Å²) < 4.78 is 0. The first-order valence-corrected chi connectivity index (χ1v) is 6.16. The lowest BCUT2D eigenvalue weighted by Gasteiger charge is -2.21. The number of carbonyl (C=O) groups excluding carboxylic acids is 2. The van der Waals surface area contributed by atoms with Gasteiger partial charge in [-0.25, -0.2) is 0 Å². The van der Waals surface area contributed by atoms with E-state index < -0.39 is 0 Å². The molecular weight excluding hydrogens is 246 g/mol. The second-order valence-electron chi connectivity index (χ2n) is 4.47. The number of amides is 2. The summed E-state index contributed by atoms with van der Waals surface area (Å²) in [6.45, 7) is 5.89. The molecule has 2 amide bonds. The zero-order valence-corrected chi connectivity index (χ0v) is 11.4. The topological polar surface area (TPSA) is 82.5 Å². The molecule has 0 fully saturated rings. The maximum atomic E-state index is 12.1. The van der Waals surface area contributed by atoms with Crippen molar-refractivity contribution in [1.29, 1.82) is 0 Å². The van der Waals surface area contributed by atoms with Gasteiger partial charge in [-0.2, -0.15) is 0 Å². The summed E-state index contributed by atoms with van der Waals surface area (Å²) in [4.78, 5) is 28.9. The number of aromatic hydroxyl groups is 1. The summed E-state index contributed by atoms with van der Waals surface area (Å²) in [7, 11) is 0. The predicted molar refractivity (Wildman–Crippen MR) is 70.8 cm³/mol. The summed E-state index contributed by atoms with van der Waals surface area (Å²) in [5.74, 6) is -0.614. The van der Waals surface area contributed by atoms with E-state index in [0.717, 1.165) is 0 Å². The molecule has 0 aliphatic carbocycles. The molecule has 1 aromatic heterocycles. The van der Waals surface area contributed by atoms with Crippen LogP contribution in [-0.2, 0) is 4.79 Å². The van der Waals surface area contributed by atoms with Crippen LogP contribution in [0.2, 0.25) is 0 Å². The molecule has 0 atom stereocenters. The van der Waals surface area contributed by atoms with E-state index in [9.17, 15) is 14.7 Å². The van der Waals surface area contributed by atoms with Gasteiger partial charge in [-0.05, 0) is 26.8 Å². The van der Waals surface area contributed by atoms with Crippen LogP contribution in [0.3, 0.4) is 0 Å². The van der Waals surface area contributed by atoms with Gasteiger partial charge in [0.05, 0.1) is 18.3 Å². The molecule has 1 heterocycles. The summed E-state index contributed by atoms with van der Waals surface area (Å²) in [6, 6.07) is 1.36. The summed E-state index contributed by atoms with van der Waals surface area (Å²) in [5.41, 5.74) is 0.263. The average Bonchev–Trinajstić information content (AvgIpc) is 2.34. The molecule has 1 rings (SSSR count). The van der Waals surface area contributed by atoms with Crippen molar-refractivity contribution in [1.82, 2.24) is 15.2 Å². The normalized spacial score (nSPS) is 10.3. The monoisotopic (exact) mass is 265 g/mol. The minimum Gasteiger partial charge on any atom is -0.506 e. The highest BCUT2D eigenvalue weighted by molar-refractivity contribution is 5.96. The highest BCUT2D eigenvalue weighted by atomic mass is 16.3. The van der Waals surface area contributed by atoms with Crippen molar-refractivity contribution in [2.75, 3.05) is 13.1 Å². The van der Waals surface area contributed by atoms with Crippen LogP contribution in [-0.4, -0.2) is 45.9 Å². The number of hydrogen-bond acceptors (Lipinski definition) is 4. The van der Waals surface area contributed by atoms with Gasteiger partial charge in [0, 0.05) is 18.8 Å². The SMILES string of the molecule is CCN(CC(=O)NC(C)C)C(=O)c1cncc(O)c1. The smallest absolute Gasteiger partial charge is 0.256 e. The lowest BCUT2D eigenvalue weighted by Crippen LogP contribution is -2.42. The number of hydrogen-bond donors (Lipinski definition) is 2. The highest BCUT2D eigenvalue weighted by Crippen LogP contribution is 2.10. The third-order valence-corrected chi connectivity index (χ3v) is 2.42. The second-order valence-corrected chi connectivity index (χ2v) is 4.47. The minimum atomic E-state index is -0.329. The van der Waals surface area contributed by atoms with Crippen LogP contribution < -0.4 is 5.32 Å². The molecule has 19 heavy (non-hydrogen) atoms. The van der Waals surface area contributed by atoms with Crippen molar-refractivity contribution in [3.05, 3.63) is 24.0 Å². The van der Waals surface area contributed by atoms with E-state index in [2.05, 4.69) is 10.3 Å². The Labute approximate surface area is 112 Å². The van der Waals surface area contributed by atoms with Crippen molar-refractivity contribution in [3.8, 4) is 5.75 Å². The lowest BCUT2D eigenvalue weighted by atomic mass is 10.2. The molecule has 104 valence electrons. The number of nitrogens with one attached hydrogen (secondary N) is 1. The molecule has 6 heteroatoms. The van der Waals surface area contributed by atoms with E-state index in [0.29, 0.717) is 6.54 Å². The van der Waals surface area contributed by atoms with E-state index >= 15 is 0 Å². The molecule has 0 saturated carbocycles. The molecule has 0 radical (unpaired) electrons. The number of rotatable bonds is 5. The van der Waals surface area contributed by atoms with Gasteiger partial charge in [0.25, 0.3) is 5.91 Å². The fourth-order valence-corrected chi connectivity index (χ4v) is 1.60. The zero-order valence-electron chi connectivity index (χ0n) is 11.4. The van der Waals surface area contributed by atoms with Crippen LogP contribution >= 0.6 is 0 Å². The molecule has 0 aliphatic rings. The number of pyridine rings is 1. The van der Waals surface area contributed by atoms with E-state index in [-0.39, 0.29) is 35.7 Å². The van der Waals surface area contributed by atoms with Crippen LogP contribution in [0.1, 0.15) is 31.1 Å². The fraction of sp³-hybridized carbons (Fsp3) is 0.462.